The fourth-order valence-electron chi connectivity index (χ4n) is 1.79. The molecule has 4 heteroatoms. The average Bonchev–Trinajstić information content (AvgIpc) is 2.97. The molecule has 1 fully saturated rings. The number of hydrogen-bond donors (Lipinski definition) is 1. The lowest BCUT2D eigenvalue weighted by atomic mass is 10.1. The molecule has 15 heavy (non-hydrogen) atoms. The normalized spacial score (nSPS) is 22.3. The Morgan fingerprint density at radius 3 is 2.67 bits per heavy atom. The fraction of sp³-hybridized carbons (Fsp3) is 1.00. The molecule has 1 aliphatic carbocycles. The fourth-order valence-corrected chi connectivity index (χ4v) is 2.48. The molecular formula is C11H23NO2S. The van der Waals surface area contributed by atoms with Gasteiger partial charge in [0.15, 0.2) is 0 Å². The maximum Gasteiger partial charge on any atom is 0.0618 e. The van der Waals surface area contributed by atoms with Gasteiger partial charge >= 0.3 is 0 Å². The zero-order chi connectivity index (χ0) is 11.3. The van der Waals surface area contributed by atoms with Crippen molar-refractivity contribution in [3.05, 3.63) is 0 Å². The van der Waals surface area contributed by atoms with Crippen LogP contribution in [-0.4, -0.2) is 42.0 Å². The molecule has 0 aromatic rings. The van der Waals surface area contributed by atoms with E-state index in [9.17, 15) is 4.21 Å². The Hall–Kier alpha value is 0.0700. The summed E-state index contributed by atoms with van der Waals surface area (Å²) < 4.78 is 16.2. The molecule has 0 bridgehead atoms. The quantitative estimate of drug-likeness (QED) is 0.683. The monoisotopic (exact) mass is 233 g/mol. The summed E-state index contributed by atoms with van der Waals surface area (Å²) in [5, 5.41) is 3.58. The molecule has 0 heterocycles. The van der Waals surface area contributed by atoms with Gasteiger partial charge in [-0.05, 0) is 32.1 Å². The predicted octanol–water partition coefficient (Wildman–Crippen LogP) is 1.16. The molecule has 3 nitrogen and oxygen atoms in total. The van der Waals surface area contributed by atoms with E-state index in [-0.39, 0.29) is 0 Å². The van der Waals surface area contributed by atoms with Gasteiger partial charge < -0.3 is 10.1 Å². The highest BCUT2D eigenvalue weighted by Crippen LogP contribution is 2.32. The third-order valence-corrected chi connectivity index (χ3v) is 3.68. The second-order valence-electron chi connectivity index (χ2n) is 4.53. The summed E-state index contributed by atoms with van der Waals surface area (Å²) in [4.78, 5) is 0. The molecule has 0 saturated heterocycles. The van der Waals surface area contributed by atoms with Crippen LogP contribution in [0.25, 0.3) is 0 Å². The minimum atomic E-state index is -0.671. The van der Waals surface area contributed by atoms with E-state index in [1.54, 1.807) is 13.4 Å². The number of ether oxygens (including phenoxy) is 1. The standard InChI is InChI=1S/C11H23NO2S/c1-9(6-7-15(3)13)12-11(8-14-2)10-4-5-10/h9-12H,4-8H2,1-3H3. The average molecular weight is 233 g/mol. The summed E-state index contributed by atoms with van der Waals surface area (Å²) in [6.07, 6.45) is 5.40. The van der Waals surface area contributed by atoms with E-state index >= 15 is 0 Å². The van der Waals surface area contributed by atoms with Gasteiger partial charge in [-0.3, -0.25) is 4.21 Å². The molecule has 3 unspecified atom stereocenters. The van der Waals surface area contributed by atoms with Crippen LogP contribution in [0.2, 0.25) is 0 Å². The van der Waals surface area contributed by atoms with Crippen LogP contribution in [0.1, 0.15) is 26.2 Å². The summed E-state index contributed by atoms with van der Waals surface area (Å²) in [6, 6.07) is 0.935. The van der Waals surface area contributed by atoms with Gasteiger partial charge in [-0.2, -0.15) is 0 Å². The van der Waals surface area contributed by atoms with Crippen molar-refractivity contribution in [1.82, 2.24) is 5.32 Å². The van der Waals surface area contributed by atoms with E-state index < -0.39 is 10.8 Å². The van der Waals surface area contributed by atoms with Gasteiger partial charge in [-0.25, -0.2) is 0 Å². The molecule has 0 aromatic heterocycles. The van der Waals surface area contributed by atoms with Crippen LogP contribution in [-0.2, 0) is 15.5 Å². The molecular weight excluding hydrogens is 210 g/mol. The first-order valence-corrected chi connectivity index (χ1v) is 7.41. The first-order chi connectivity index (χ1) is 7.13. The smallest absolute Gasteiger partial charge is 0.0618 e. The van der Waals surface area contributed by atoms with Crippen LogP contribution in [0.15, 0.2) is 0 Å². The van der Waals surface area contributed by atoms with Gasteiger partial charge in [-0.15, -0.1) is 0 Å². The van der Waals surface area contributed by atoms with Crippen molar-refractivity contribution in [1.29, 1.82) is 0 Å². The van der Waals surface area contributed by atoms with Crippen molar-refractivity contribution in [2.45, 2.75) is 38.3 Å². The van der Waals surface area contributed by atoms with Gasteiger partial charge in [0.2, 0.25) is 0 Å². The molecule has 1 N–H and O–H groups in total. The van der Waals surface area contributed by atoms with Crippen molar-refractivity contribution in [2.75, 3.05) is 25.7 Å². The Kier molecular flexibility index (Phi) is 5.79. The summed E-state index contributed by atoms with van der Waals surface area (Å²) in [5.74, 6) is 1.60. The van der Waals surface area contributed by atoms with Gasteiger partial charge in [0.1, 0.15) is 0 Å². The highest BCUT2D eigenvalue weighted by Gasteiger charge is 2.31. The van der Waals surface area contributed by atoms with Crippen molar-refractivity contribution in [3.8, 4) is 0 Å². The second kappa shape index (κ2) is 6.61. The lowest BCUT2D eigenvalue weighted by Crippen LogP contribution is -2.41. The van der Waals surface area contributed by atoms with Gasteiger partial charge in [0, 0.05) is 42.0 Å². The second-order valence-corrected chi connectivity index (χ2v) is 6.09. The third kappa shape index (κ3) is 5.64. The Balaban J connectivity index is 2.20. The Labute approximate surface area is 95.4 Å². The van der Waals surface area contributed by atoms with Crippen molar-refractivity contribution in [3.63, 3.8) is 0 Å². The molecule has 0 spiro atoms. The van der Waals surface area contributed by atoms with Crippen LogP contribution < -0.4 is 5.32 Å². The summed E-state index contributed by atoms with van der Waals surface area (Å²) in [7, 11) is 1.08. The van der Waals surface area contributed by atoms with E-state index in [4.69, 9.17) is 4.74 Å². The number of rotatable bonds is 8. The minimum absolute atomic E-state index is 0.439. The summed E-state index contributed by atoms with van der Waals surface area (Å²) in [6.45, 7) is 2.96. The predicted molar refractivity (Wildman–Crippen MR) is 64.5 cm³/mol. The molecule has 0 aliphatic heterocycles. The largest absolute Gasteiger partial charge is 0.383 e. The van der Waals surface area contributed by atoms with Crippen LogP contribution in [0.5, 0.6) is 0 Å². The highest BCUT2D eigenvalue weighted by atomic mass is 32.2. The zero-order valence-corrected chi connectivity index (χ0v) is 10.8. The van der Waals surface area contributed by atoms with E-state index in [0.717, 1.165) is 24.7 Å². The summed E-state index contributed by atoms with van der Waals surface area (Å²) >= 11 is 0. The number of nitrogens with one attached hydrogen (secondary N) is 1. The lowest BCUT2D eigenvalue weighted by molar-refractivity contribution is 0.152. The first kappa shape index (κ1) is 13.1. The van der Waals surface area contributed by atoms with Gasteiger partial charge in [0.25, 0.3) is 0 Å². The van der Waals surface area contributed by atoms with Gasteiger partial charge in [0.05, 0.1) is 6.61 Å². The van der Waals surface area contributed by atoms with Crippen molar-refractivity contribution >= 4 is 10.8 Å². The van der Waals surface area contributed by atoms with Crippen LogP contribution in [0.4, 0.5) is 0 Å². The molecule has 1 saturated carbocycles. The first-order valence-electron chi connectivity index (χ1n) is 5.68. The Morgan fingerprint density at radius 1 is 1.53 bits per heavy atom. The highest BCUT2D eigenvalue weighted by molar-refractivity contribution is 7.84. The minimum Gasteiger partial charge on any atom is -0.383 e. The SMILES string of the molecule is COCC(NC(C)CCS(C)=O)C1CC1. The molecule has 1 rings (SSSR count). The molecule has 0 aromatic carbocycles. The zero-order valence-electron chi connectivity index (χ0n) is 9.99. The third-order valence-electron chi connectivity index (χ3n) is 2.87. The topological polar surface area (TPSA) is 38.3 Å². The van der Waals surface area contributed by atoms with Crippen molar-refractivity contribution < 1.29 is 8.95 Å². The molecule has 90 valence electrons. The van der Waals surface area contributed by atoms with E-state index in [0.29, 0.717) is 12.1 Å². The van der Waals surface area contributed by atoms with Crippen LogP contribution in [0.3, 0.4) is 0 Å². The van der Waals surface area contributed by atoms with Crippen molar-refractivity contribution in [2.24, 2.45) is 5.92 Å². The number of hydrogen-bond acceptors (Lipinski definition) is 3. The number of methoxy groups -OCH3 is 1. The molecule has 0 amide bonds. The van der Waals surface area contributed by atoms with E-state index in [1.807, 2.05) is 0 Å². The van der Waals surface area contributed by atoms with E-state index in [2.05, 4.69) is 12.2 Å². The van der Waals surface area contributed by atoms with Crippen LogP contribution >= 0.6 is 0 Å². The lowest BCUT2D eigenvalue weighted by Gasteiger charge is -2.22. The molecule has 0 radical (unpaired) electrons. The van der Waals surface area contributed by atoms with Gasteiger partial charge in [-0.1, -0.05) is 0 Å². The summed E-state index contributed by atoms with van der Waals surface area (Å²) in [5.41, 5.74) is 0. The van der Waals surface area contributed by atoms with E-state index in [1.165, 1.54) is 12.8 Å². The Morgan fingerprint density at radius 2 is 2.20 bits per heavy atom. The maximum atomic E-state index is 11.0. The molecule has 1 aliphatic rings. The maximum absolute atomic E-state index is 11.0. The van der Waals surface area contributed by atoms with Crippen LogP contribution in [0, 0.1) is 5.92 Å². The Bertz CT molecular complexity index is 207. The molecule has 3 atom stereocenters.